The van der Waals surface area contributed by atoms with Crippen molar-refractivity contribution < 1.29 is 32.5 Å². The molecule has 0 unspecified atom stereocenters. The Morgan fingerprint density at radius 2 is 1.76 bits per heavy atom. The van der Waals surface area contributed by atoms with Crippen LogP contribution < -0.4 is 9.47 Å². The van der Waals surface area contributed by atoms with Crippen molar-refractivity contribution in [3.63, 3.8) is 0 Å². The zero-order valence-corrected chi connectivity index (χ0v) is 16.0. The fraction of sp³-hybridized carbons (Fsp3) is 0.350. The second-order valence-electron chi connectivity index (χ2n) is 6.54. The number of nitrogens with zero attached hydrogens (tertiary/aromatic N) is 1. The number of amides is 1. The molecule has 0 bridgehead atoms. The number of carbonyl (C=O) groups is 1. The maximum atomic E-state index is 12.9. The number of aliphatic hydroxyl groups excluding tert-OH is 1. The van der Waals surface area contributed by atoms with E-state index in [1.54, 1.807) is 30.3 Å². The second-order valence-corrected chi connectivity index (χ2v) is 6.98. The van der Waals surface area contributed by atoms with Crippen molar-refractivity contribution in [3.05, 3.63) is 58.6 Å². The van der Waals surface area contributed by atoms with Crippen LogP contribution in [0.4, 0.5) is 13.2 Å². The predicted molar refractivity (Wildman–Crippen MR) is 101 cm³/mol. The molecule has 0 saturated carbocycles. The molecule has 0 radical (unpaired) electrons. The van der Waals surface area contributed by atoms with Crippen LogP contribution in [0.15, 0.2) is 42.5 Å². The Labute approximate surface area is 170 Å². The number of benzene rings is 2. The van der Waals surface area contributed by atoms with Gasteiger partial charge < -0.3 is 19.5 Å². The standard InChI is InChI=1S/C20H19ClF3NO4/c21-15-4-1-13(2-5-15)7-8-25(12-18(26)20(22,23)24)19(27)14-3-6-16-17(11-14)29-10-9-28-16/h1-6,11,18,26H,7-10,12H2/t18-/m1/s1. The van der Waals surface area contributed by atoms with Gasteiger partial charge in [-0.3, -0.25) is 4.79 Å². The molecule has 1 aliphatic rings. The van der Waals surface area contributed by atoms with Crippen LogP contribution in [0.5, 0.6) is 11.5 Å². The van der Waals surface area contributed by atoms with Gasteiger partial charge in [-0.05, 0) is 42.3 Å². The number of fused-ring (bicyclic) bond motifs is 1. The third-order valence-corrected chi connectivity index (χ3v) is 4.68. The Balaban J connectivity index is 1.79. The van der Waals surface area contributed by atoms with Crippen molar-refractivity contribution in [2.45, 2.75) is 18.7 Å². The maximum Gasteiger partial charge on any atom is 0.416 e. The Hall–Kier alpha value is -2.45. The molecule has 0 fully saturated rings. The first-order chi connectivity index (χ1) is 13.7. The molecule has 5 nitrogen and oxygen atoms in total. The van der Waals surface area contributed by atoms with Gasteiger partial charge in [0.05, 0.1) is 6.54 Å². The van der Waals surface area contributed by atoms with E-state index in [-0.39, 0.29) is 12.1 Å². The highest BCUT2D eigenvalue weighted by Crippen LogP contribution is 2.31. The van der Waals surface area contributed by atoms with Crippen LogP contribution in [0, 0.1) is 0 Å². The summed E-state index contributed by atoms with van der Waals surface area (Å²) in [6.07, 6.45) is -7.17. The summed E-state index contributed by atoms with van der Waals surface area (Å²) in [4.78, 5) is 13.9. The van der Waals surface area contributed by atoms with E-state index >= 15 is 0 Å². The largest absolute Gasteiger partial charge is 0.486 e. The maximum absolute atomic E-state index is 12.9. The number of carbonyl (C=O) groups excluding carboxylic acids is 1. The molecule has 0 spiro atoms. The topological polar surface area (TPSA) is 59.0 Å². The SMILES string of the molecule is O=C(c1ccc2c(c1)OCCO2)N(CCc1ccc(Cl)cc1)C[C@@H](O)C(F)(F)F. The summed E-state index contributed by atoms with van der Waals surface area (Å²) in [5.74, 6) is 0.186. The summed E-state index contributed by atoms with van der Waals surface area (Å²) in [5.41, 5.74) is 0.954. The minimum Gasteiger partial charge on any atom is -0.486 e. The highest BCUT2D eigenvalue weighted by atomic mass is 35.5. The van der Waals surface area contributed by atoms with Gasteiger partial charge in [-0.1, -0.05) is 23.7 Å². The smallest absolute Gasteiger partial charge is 0.416 e. The van der Waals surface area contributed by atoms with E-state index < -0.39 is 24.7 Å². The molecule has 1 atom stereocenters. The van der Waals surface area contributed by atoms with Crippen LogP contribution in [0.2, 0.25) is 5.02 Å². The van der Waals surface area contributed by atoms with Crippen LogP contribution in [0.1, 0.15) is 15.9 Å². The van der Waals surface area contributed by atoms with Crippen LogP contribution in [-0.4, -0.2) is 54.5 Å². The molecular formula is C20H19ClF3NO4. The molecule has 0 saturated heterocycles. The van der Waals surface area contributed by atoms with E-state index in [9.17, 15) is 23.1 Å². The van der Waals surface area contributed by atoms with Gasteiger partial charge in [0.15, 0.2) is 17.6 Å². The number of hydrogen-bond donors (Lipinski definition) is 1. The van der Waals surface area contributed by atoms with Gasteiger partial charge in [-0.25, -0.2) is 0 Å². The molecule has 0 aromatic heterocycles. The monoisotopic (exact) mass is 429 g/mol. The zero-order valence-electron chi connectivity index (χ0n) is 15.3. The summed E-state index contributed by atoms with van der Waals surface area (Å²) in [5, 5.41) is 10.0. The molecule has 1 N–H and O–H groups in total. The van der Waals surface area contributed by atoms with E-state index in [1.165, 1.54) is 12.1 Å². The number of halogens is 4. The minimum absolute atomic E-state index is 0.0119. The van der Waals surface area contributed by atoms with Gasteiger partial charge in [0.2, 0.25) is 0 Å². The zero-order chi connectivity index (χ0) is 21.0. The summed E-state index contributed by atoms with van der Waals surface area (Å²) < 4.78 is 49.4. The van der Waals surface area contributed by atoms with Crippen LogP contribution in [-0.2, 0) is 6.42 Å². The number of ether oxygens (including phenoxy) is 2. The first-order valence-corrected chi connectivity index (χ1v) is 9.30. The Morgan fingerprint density at radius 3 is 2.41 bits per heavy atom. The van der Waals surface area contributed by atoms with E-state index in [1.807, 2.05) is 0 Å². The van der Waals surface area contributed by atoms with Crippen LogP contribution >= 0.6 is 11.6 Å². The summed E-state index contributed by atoms with van der Waals surface area (Å²) >= 11 is 5.84. The fourth-order valence-corrected chi connectivity index (χ4v) is 2.99. The van der Waals surface area contributed by atoms with Crippen molar-refractivity contribution in [1.82, 2.24) is 4.90 Å². The molecular weight excluding hydrogens is 411 g/mol. The highest BCUT2D eigenvalue weighted by molar-refractivity contribution is 6.30. The van der Waals surface area contributed by atoms with Gasteiger partial charge in [0.25, 0.3) is 5.91 Å². The number of alkyl halides is 3. The van der Waals surface area contributed by atoms with Crippen LogP contribution in [0.3, 0.4) is 0 Å². The van der Waals surface area contributed by atoms with Crippen LogP contribution in [0.25, 0.3) is 0 Å². The molecule has 1 aliphatic heterocycles. The van der Waals surface area contributed by atoms with Gasteiger partial charge in [0, 0.05) is 17.1 Å². The quantitative estimate of drug-likeness (QED) is 0.760. The summed E-state index contributed by atoms with van der Waals surface area (Å²) in [6, 6.07) is 11.2. The molecule has 156 valence electrons. The Bertz CT molecular complexity index is 858. The number of rotatable bonds is 6. The highest BCUT2D eigenvalue weighted by Gasteiger charge is 2.40. The van der Waals surface area contributed by atoms with Gasteiger partial charge in [-0.2, -0.15) is 13.2 Å². The van der Waals surface area contributed by atoms with E-state index in [2.05, 4.69) is 0 Å². The van der Waals surface area contributed by atoms with Crippen molar-refractivity contribution in [1.29, 1.82) is 0 Å². The first-order valence-electron chi connectivity index (χ1n) is 8.92. The lowest BCUT2D eigenvalue weighted by Crippen LogP contribution is -2.44. The molecule has 29 heavy (non-hydrogen) atoms. The minimum atomic E-state index is -4.83. The average Bonchev–Trinajstić information content (AvgIpc) is 2.70. The number of hydrogen-bond acceptors (Lipinski definition) is 4. The van der Waals surface area contributed by atoms with Crippen molar-refractivity contribution in [2.75, 3.05) is 26.3 Å². The van der Waals surface area contributed by atoms with Gasteiger partial charge in [0.1, 0.15) is 13.2 Å². The molecule has 9 heteroatoms. The first kappa shape index (κ1) is 21.3. The van der Waals surface area contributed by atoms with Gasteiger partial charge in [-0.15, -0.1) is 0 Å². The third-order valence-electron chi connectivity index (χ3n) is 4.43. The Morgan fingerprint density at radius 1 is 1.10 bits per heavy atom. The summed E-state index contributed by atoms with van der Waals surface area (Å²) in [7, 11) is 0. The fourth-order valence-electron chi connectivity index (χ4n) is 2.86. The predicted octanol–water partition coefficient (Wildman–Crippen LogP) is 3.72. The molecule has 3 rings (SSSR count). The molecule has 2 aromatic rings. The average molecular weight is 430 g/mol. The van der Waals surface area contributed by atoms with Crippen molar-refractivity contribution >= 4 is 17.5 Å². The van der Waals surface area contributed by atoms with Crippen molar-refractivity contribution in [3.8, 4) is 11.5 Å². The molecule has 1 heterocycles. The molecule has 1 amide bonds. The summed E-state index contributed by atoms with van der Waals surface area (Å²) in [6.45, 7) is -0.185. The molecule has 2 aromatic carbocycles. The lowest BCUT2D eigenvalue weighted by atomic mass is 10.1. The normalized spacial score (nSPS) is 14.4. The second kappa shape index (κ2) is 8.92. The van der Waals surface area contributed by atoms with Gasteiger partial charge >= 0.3 is 6.18 Å². The third kappa shape index (κ3) is 5.55. The van der Waals surface area contributed by atoms with E-state index in [0.29, 0.717) is 36.2 Å². The van der Waals surface area contributed by atoms with E-state index in [0.717, 1.165) is 10.5 Å². The molecule has 0 aliphatic carbocycles. The number of aliphatic hydroxyl groups is 1. The Kier molecular flexibility index (Phi) is 6.54. The lowest BCUT2D eigenvalue weighted by Gasteiger charge is -2.27. The lowest BCUT2D eigenvalue weighted by molar-refractivity contribution is -0.206. The van der Waals surface area contributed by atoms with E-state index in [4.69, 9.17) is 21.1 Å². The van der Waals surface area contributed by atoms with Crippen molar-refractivity contribution in [2.24, 2.45) is 0 Å².